The molecule has 3 aromatic rings. The normalized spacial score (nSPS) is 14.7. The predicted octanol–water partition coefficient (Wildman–Crippen LogP) is 6.36. The van der Waals surface area contributed by atoms with E-state index in [0.29, 0.717) is 21.3 Å². The lowest BCUT2D eigenvalue weighted by Gasteiger charge is -2.33. The third-order valence-electron chi connectivity index (χ3n) is 7.42. The van der Waals surface area contributed by atoms with Crippen LogP contribution in [0.4, 0.5) is 5.69 Å². The van der Waals surface area contributed by atoms with Crippen molar-refractivity contribution in [3.8, 4) is 0 Å². The molecule has 0 heterocycles. The van der Waals surface area contributed by atoms with Crippen LogP contribution < -0.4 is 9.62 Å². The lowest BCUT2D eigenvalue weighted by atomic mass is 9.95. The summed E-state index contributed by atoms with van der Waals surface area (Å²) in [7, 11) is -4.16. The number of benzene rings is 3. The average molecular weight is 617 g/mol. The van der Waals surface area contributed by atoms with Crippen molar-refractivity contribution in [3.05, 3.63) is 94.0 Å². The van der Waals surface area contributed by atoms with E-state index in [9.17, 15) is 18.0 Å². The summed E-state index contributed by atoms with van der Waals surface area (Å²) >= 11 is 12.4. The number of rotatable bonds is 10. The van der Waals surface area contributed by atoms with Gasteiger partial charge < -0.3 is 10.2 Å². The number of carbonyl (C=O) groups is 2. The van der Waals surface area contributed by atoms with E-state index in [1.54, 1.807) is 55.5 Å². The van der Waals surface area contributed by atoms with Crippen LogP contribution in [0.25, 0.3) is 0 Å². The van der Waals surface area contributed by atoms with E-state index in [-0.39, 0.29) is 23.4 Å². The summed E-state index contributed by atoms with van der Waals surface area (Å²) in [6.45, 7) is 3.09. The van der Waals surface area contributed by atoms with Gasteiger partial charge in [0.25, 0.3) is 10.0 Å². The van der Waals surface area contributed by atoms with Crippen LogP contribution in [0, 0.1) is 6.92 Å². The van der Waals surface area contributed by atoms with Gasteiger partial charge in [0.15, 0.2) is 0 Å². The van der Waals surface area contributed by atoms with Crippen molar-refractivity contribution >= 4 is 50.7 Å². The number of sulfonamides is 1. The van der Waals surface area contributed by atoms with Gasteiger partial charge >= 0.3 is 0 Å². The minimum absolute atomic E-state index is 0.00369. The van der Waals surface area contributed by atoms with E-state index in [4.69, 9.17) is 23.2 Å². The number of anilines is 1. The monoisotopic (exact) mass is 615 g/mol. The van der Waals surface area contributed by atoms with Crippen LogP contribution in [0.5, 0.6) is 0 Å². The van der Waals surface area contributed by atoms with Gasteiger partial charge in [-0.15, -0.1) is 0 Å². The maximum absolute atomic E-state index is 14.1. The summed E-state index contributed by atoms with van der Waals surface area (Å²) in [5.41, 5.74) is 1.93. The highest BCUT2D eigenvalue weighted by atomic mass is 35.5. The zero-order chi connectivity index (χ0) is 29.6. The molecule has 0 aliphatic heterocycles. The topological polar surface area (TPSA) is 86.8 Å². The molecule has 4 rings (SSSR count). The predicted molar refractivity (Wildman–Crippen MR) is 164 cm³/mol. The minimum Gasteiger partial charge on any atom is -0.352 e. The molecule has 0 aromatic heterocycles. The summed E-state index contributed by atoms with van der Waals surface area (Å²) < 4.78 is 28.8. The zero-order valence-electron chi connectivity index (χ0n) is 23.2. The van der Waals surface area contributed by atoms with Gasteiger partial charge in [0, 0.05) is 22.6 Å². The quantitative estimate of drug-likeness (QED) is 0.287. The van der Waals surface area contributed by atoms with E-state index < -0.39 is 28.5 Å². The number of hydrogen-bond donors (Lipinski definition) is 1. The van der Waals surface area contributed by atoms with Gasteiger partial charge in [-0.3, -0.25) is 13.9 Å². The largest absolute Gasteiger partial charge is 0.352 e. The maximum atomic E-state index is 14.1. The first-order valence-electron chi connectivity index (χ1n) is 13.7. The van der Waals surface area contributed by atoms with Crippen LogP contribution in [0.3, 0.4) is 0 Å². The molecule has 1 fully saturated rings. The van der Waals surface area contributed by atoms with E-state index in [0.717, 1.165) is 42.0 Å². The zero-order valence-corrected chi connectivity index (χ0v) is 25.6. The molecule has 218 valence electrons. The molecule has 0 unspecified atom stereocenters. The van der Waals surface area contributed by atoms with Gasteiger partial charge in [-0.2, -0.15) is 0 Å². The van der Waals surface area contributed by atoms with E-state index in [1.165, 1.54) is 29.2 Å². The summed E-state index contributed by atoms with van der Waals surface area (Å²) in [5, 5.41) is 3.94. The number of halogens is 2. The van der Waals surface area contributed by atoms with E-state index in [2.05, 4.69) is 5.32 Å². The highest BCUT2D eigenvalue weighted by molar-refractivity contribution is 7.92. The molecule has 1 saturated carbocycles. The molecule has 3 aromatic carbocycles. The highest BCUT2D eigenvalue weighted by Crippen LogP contribution is 2.27. The Morgan fingerprint density at radius 3 is 2.20 bits per heavy atom. The van der Waals surface area contributed by atoms with Gasteiger partial charge in [-0.25, -0.2) is 8.42 Å². The fraction of sp³-hybridized carbons (Fsp3) is 0.355. The maximum Gasteiger partial charge on any atom is 0.264 e. The number of aryl methyl sites for hydroxylation is 1. The Hall–Kier alpha value is -3.07. The Kier molecular flexibility index (Phi) is 10.3. The molecule has 0 radical (unpaired) electrons. The van der Waals surface area contributed by atoms with Gasteiger partial charge in [0.1, 0.15) is 12.6 Å². The highest BCUT2D eigenvalue weighted by Gasteiger charge is 2.33. The first-order chi connectivity index (χ1) is 19.6. The van der Waals surface area contributed by atoms with Crippen molar-refractivity contribution in [2.75, 3.05) is 10.8 Å². The smallest absolute Gasteiger partial charge is 0.264 e. The molecule has 10 heteroatoms. The number of amides is 2. The Balaban J connectivity index is 1.68. The molecule has 0 bridgehead atoms. The molecule has 1 N–H and O–H groups in total. The van der Waals surface area contributed by atoms with Crippen LogP contribution in [-0.2, 0) is 26.2 Å². The fourth-order valence-electron chi connectivity index (χ4n) is 4.94. The SMILES string of the molecule is Cc1ccc(N(CC(=O)N(Cc2ccccc2Cl)[C@@H](C)C(=O)NC2CCCCC2)S(=O)(=O)c2ccc(Cl)cc2)cc1. The first kappa shape index (κ1) is 30.9. The summed E-state index contributed by atoms with van der Waals surface area (Å²) in [6, 6.07) is 19.0. The molecule has 1 aliphatic rings. The van der Waals surface area contributed by atoms with Crippen LogP contribution in [0.1, 0.15) is 50.2 Å². The number of nitrogens with zero attached hydrogens (tertiary/aromatic N) is 2. The lowest BCUT2D eigenvalue weighted by Crippen LogP contribution is -2.53. The Morgan fingerprint density at radius 1 is 0.927 bits per heavy atom. The molecule has 1 atom stereocenters. The van der Waals surface area contributed by atoms with E-state index in [1.807, 2.05) is 6.92 Å². The molecule has 41 heavy (non-hydrogen) atoms. The Morgan fingerprint density at radius 2 is 1.56 bits per heavy atom. The van der Waals surface area contributed by atoms with Crippen molar-refractivity contribution < 1.29 is 18.0 Å². The third-order valence-corrected chi connectivity index (χ3v) is 9.83. The van der Waals surface area contributed by atoms with Crippen LogP contribution >= 0.6 is 23.2 Å². The number of nitrogens with one attached hydrogen (secondary N) is 1. The third kappa shape index (κ3) is 7.82. The van der Waals surface area contributed by atoms with Crippen molar-refractivity contribution in [2.45, 2.75) is 69.5 Å². The van der Waals surface area contributed by atoms with Crippen molar-refractivity contribution in [2.24, 2.45) is 0 Å². The van der Waals surface area contributed by atoms with Gasteiger partial charge in [-0.1, -0.05) is 78.4 Å². The average Bonchev–Trinajstić information content (AvgIpc) is 2.96. The molecule has 0 saturated heterocycles. The van der Waals surface area contributed by atoms with Crippen LogP contribution in [0.2, 0.25) is 10.0 Å². The fourth-order valence-corrected chi connectivity index (χ4v) is 6.67. The first-order valence-corrected chi connectivity index (χ1v) is 15.9. The Labute approximate surface area is 252 Å². The molecular formula is C31H35Cl2N3O4S. The van der Waals surface area contributed by atoms with E-state index >= 15 is 0 Å². The molecular weight excluding hydrogens is 581 g/mol. The summed E-state index contributed by atoms with van der Waals surface area (Å²) in [4.78, 5) is 28.8. The standard InChI is InChI=1S/C31H35Cl2N3O4S/c1-22-12-16-27(17-13-22)36(41(39,40)28-18-14-25(32)15-19-28)21-30(37)35(20-24-8-6-7-11-29(24)33)23(2)31(38)34-26-9-4-3-5-10-26/h6-8,11-19,23,26H,3-5,9-10,20-21H2,1-2H3,(H,34,38)/t23-/m0/s1. The van der Waals surface area contributed by atoms with Gasteiger partial charge in [-0.05, 0) is 74.7 Å². The van der Waals surface area contributed by atoms with Gasteiger partial charge in [0.05, 0.1) is 10.6 Å². The number of hydrogen-bond acceptors (Lipinski definition) is 4. The number of carbonyl (C=O) groups excluding carboxylic acids is 2. The molecule has 0 spiro atoms. The Bertz CT molecular complexity index is 1460. The van der Waals surface area contributed by atoms with Crippen LogP contribution in [-0.4, -0.2) is 43.8 Å². The lowest BCUT2D eigenvalue weighted by molar-refractivity contribution is -0.139. The molecule has 1 aliphatic carbocycles. The molecule has 7 nitrogen and oxygen atoms in total. The second kappa shape index (κ2) is 13.7. The van der Waals surface area contributed by atoms with Gasteiger partial charge in [0.2, 0.25) is 11.8 Å². The van der Waals surface area contributed by atoms with Crippen molar-refractivity contribution in [1.82, 2.24) is 10.2 Å². The molecule has 2 amide bonds. The second-order valence-electron chi connectivity index (χ2n) is 10.4. The summed E-state index contributed by atoms with van der Waals surface area (Å²) in [6.07, 6.45) is 5.05. The second-order valence-corrected chi connectivity index (χ2v) is 13.1. The summed E-state index contributed by atoms with van der Waals surface area (Å²) in [5.74, 6) is -0.811. The van der Waals surface area contributed by atoms with Crippen LogP contribution in [0.15, 0.2) is 77.7 Å². The van der Waals surface area contributed by atoms with Crippen molar-refractivity contribution in [3.63, 3.8) is 0 Å². The minimum atomic E-state index is -4.16. The van der Waals surface area contributed by atoms with Crippen molar-refractivity contribution in [1.29, 1.82) is 0 Å².